The van der Waals surface area contributed by atoms with Crippen molar-refractivity contribution in [3.63, 3.8) is 0 Å². The Labute approximate surface area is 116 Å². The molecule has 1 aromatic heterocycles. The molecule has 0 fully saturated rings. The molecule has 0 amide bonds. The van der Waals surface area contributed by atoms with Gasteiger partial charge in [0, 0.05) is 13.2 Å². The van der Waals surface area contributed by atoms with Crippen LogP contribution in [-0.4, -0.2) is 24.8 Å². The van der Waals surface area contributed by atoms with Crippen LogP contribution in [0.3, 0.4) is 0 Å². The van der Waals surface area contributed by atoms with Crippen LogP contribution in [0.4, 0.5) is 10.1 Å². The third kappa shape index (κ3) is 2.94. The molecule has 7 heteroatoms. The van der Waals surface area contributed by atoms with E-state index in [0.717, 1.165) is 16.4 Å². The number of aromatic nitrogens is 1. The first-order chi connectivity index (χ1) is 9.41. The number of pyridine rings is 1. The molecule has 106 valence electrons. The van der Waals surface area contributed by atoms with Crippen LogP contribution in [0.1, 0.15) is 5.69 Å². The molecule has 1 heterocycles. The van der Waals surface area contributed by atoms with Gasteiger partial charge >= 0.3 is 0 Å². The molecule has 5 nitrogen and oxygen atoms in total. The van der Waals surface area contributed by atoms with Crippen LogP contribution in [0, 0.1) is 5.82 Å². The molecule has 0 saturated carbocycles. The fourth-order valence-corrected chi connectivity index (χ4v) is 2.97. The largest absolute Gasteiger partial charge is 0.398 e. The fourth-order valence-electron chi connectivity index (χ4n) is 1.70. The highest BCUT2D eigenvalue weighted by Gasteiger charge is 2.24. The molecule has 0 aliphatic rings. The summed E-state index contributed by atoms with van der Waals surface area (Å²) in [5, 5.41) is 0. The number of hydrogen-bond acceptors (Lipinski definition) is 4. The van der Waals surface area contributed by atoms with E-state index in [1.165, 1.54) is 13.1 Å². The summed E-state index contributed by atoms with van der Waals surface area (Å²) in [6.07, 6.45) is 1.58. The Hall–Kier alpha value is -1.99. The van der Waals surface area contributed by atoms with Crippen LogP contribution in [0.15, 0.2) is 47.5 Å². The van der Waals surface area contributed by atoms with Crippen LogP contribution in [0.25, 0.3) is 0 Å². The van der Waals surface area contributed by atoms with Gasteiger partial charge in [0.25, 0.3) is 0 Å². The van der Waals surface area contributed by atoms with Crippen molar-refractivity contribution in [2.75, 3.05) is 12.8 Å². The molecular formula is C13H14FN3O2S. The molecule has 0 atom stereocenters. The van der Waals surface area contributed by atoms with E-state index in [9.17, 15) is 12.8 Å². The lowest BCUT2D eigenvalue weighted by atomic mass is 10.3. The molecule has 0 spiro atoms. The Morgan fingerprint density at radius 1 is 1.30 bits per heavy atom. The second-order valence-corrected chi connectivity index (χ2v) is 6.28. The van der Waals surface area contributed by atoms with E-state index in [2.05, 4.69) is 4.98 Å². The minimum absolute atomic E-state index is 0.0132. The topological polar surface area (TPSA) is 76.3 Å². The maximum Gasteiger partial charge on any atom is 0.245 e. The highest BCUT2D eigenvalue weighted by atomic mass is 32.2. The number of nitrogens with two attached hydrogens (primary N) is 1. The SMILES string of the molecule is CN(Cc1ccccn1)S(=O)(=O)c1cc(F)ccc1N. The first kappa shape index (κ1) is 14.4. The molecule has 2 rings (SSSR count). The Morgan fingerprint density at radius 2 is 2.05 bits per heavy atom. The van der Waals surface area contributed by atoms with Gasteiger partial charge in [-0.05, 0) is 30.3 Å². The molecular weight excluding hydrogens is 281 g/mol. The van der Waals surface area contributed by atoms with E-state index in [0.29, 0.717) is 5.69 Å². The second-order valence-electron chi connectivity index (χ2n) is 4.26. The quantitative estimate of drug-likeness (QED) is 0.870. The van der Waals surface area contributed by atoms with Gasteiger partial charge in [-0.1, -0.05) is 6.07 Å². The maximum atomic E-state index is 13.2. The van der Waals surface area contributed by atoms with Crippen molar-refractivity contribution in [1.29, 1.82) is 0 Å². The second kappa shape index (κ2) is 5.56. The summed E-state index contributed by atoms with van der Waals surface area (Å²) in [5.41, 5.74) is 6.22. The lowest BCUT2D eigenvalue weighted by Gasteiger charge is -2.18. The first-order valence-corrected chi connectivity index (χ1v) is 7.26. The molecule has 1 aromatic carbocycles. The number of nitrogens with zero attached hydrogens (tertiary/aromatic N) is 2. The van der Waals surface area contributed by atoms with Crippen molar-refractivity contribution >= 4 is 15.7 Å². The molecule has 2 aromatic rings. The summed E-state index contributed by atoms with van der Waals surface area (Å²) in [6.45, 7) is 0.0825. The van der Waals surface area contributed by atoms with Gasteiger partial charge in [0.2, 0.25) is 10.0 Å². The van der Waals surface area contributed by atoms with Crippen molar-refractivity contribution in [2.24, 2.45) is 0 Å². The lowest BCUT2D eigenvalue weighted by molar-refractivity contribution is 0.462. The van der Waals surface area contributed by atoms with E-state index in [-0.39, 0.29) is 17.1 Å². The van der Waals surface area contributed by atoms with Crippen LogP contribution < -0.4 is 5.73 Å². The minimum Gasteiger partial charge on any atom is -0.398 e. The Kier molecular flexibility index (Phi) is 4.01. The molecule has 0 aliphatic heterocycles. The maximum absolute atomic E-state index is 13.2. The summed E-state index contributed by atoms with van der Waals surface area (Å²) < 4.78 is 39.0. The van der Waals surface area contributed by atoms with E-state index in [1.54, 1.807) is 24.4 Å². The van der Waals surface area contributed by atoms with Gasteiger partial charge in [0.05, 0.1) is 17.9 Å². The van der Waals surface area contributed by atoms with Crippen LogP contribution in [0.5, 0.6) is 0 Å². The zero-order chi connectivity index (χ0) is 14.8. The normalized spacial score (nSPS) is 11.8. The summed E-state index contributed by atoms with van der Waals surface area (Å²) in [7, 11) is -2.46. The highest BCUT2D eigenvalue weighted by molar-refractivity contribution is 7.89. The molecule has 0 unspecified atom stereocenters. The zero-order valence-corrected chi connectivity index (χ0v) is 11.6. The predicted molar refractivity (Wildman–Crippen MR) is 73.7 cm³/mol. The zero-order valence-electron chi connectivity index (χ0n) is 10.8. The van der Waals surface area contributed by atoms with Crippen LogP contribution >= 0.6 is 0 Å². The summed E-state index contributed by atoms with van der Waals surface area (Å²) in [5.74, 6) is -0.649. The highest BCUT2D eigenvalue weighted by Crippen LogP contribution is 2.23. The number of anilines is 1. The van der Waals surface area contributed by atoms with Gasteiger partial charge in [0.1, 0.15) is 10.7 Å². The smallest absolute Gasteiger partial charge is 0.245 e. The Balaban J connectivity index is 2.32. The van der Waals surface area contributed by atoms with Crippen molar-refractivity contribution in [2.45, 2.75) is 11.4 Å². The van der Waals surface area contributed by atoms with Crippen molar-refractivity contribution in [3.8, 4) is 0 Å². The predicted octanol–water partition coefficient (Wildman–Crippen LogP) is 1.62. The van der Waals surface area contributed by atoms with Crippen molar-refractivity contribution < 1.29 is 12.8 Å². The van der Waals surface area contributed by atoms with Gasteiger partial charge in [-0.3, -0.25) is 4.98 Å². The number of halogens is 1. The van der Waals surface area contributed by atoms with E-state index >= 15 is 0 Å². The third-order valence-electron chi connectivity index (χ3n) is 2.77. The third-order valence-corrected chi connectivity index (χ3v) is 4.63. The summed E-state index contributed by atoms with van der Waals surface area (Å²) >= 11 is 0. The molecule has 2 N–H and O–H groups in total. The van der Waals surface area contributed by atoms with Gasteiger partial charge in [-0.2, -0.15) is 4.31 Å². The fraction of sp³-hybridized carbons (Fsp3) is 0.154. The molecule has 0 bridgehead atoms. The van der Waals surface area contributed by atoms with Crippen LogP contribution in [-0.2, 0) is 16.6 Å². The standard InChI is InChI=1S/C13H14FN3O2S/c1-17(9-11-4-2-3-7-16-11)20(18,19)13-8-10(14)5-6-12(13)15/h2-8H,9,15H2,1H3. The first-order valence-electron chi connectivity index (χ1n) is 5.82. The Bertz CT molecular complexity index is 705. The van der Waals surface area contributed by atoms with Crippen molar-refractivity contribution in [1.82, 2.24) is 9.29 Å². The lowest BCUT2D eigenvalue weighted by Crippen LogP contribution is -2.27. The monoisotopic (exact) mass is 295 g/mol. The van der Waals surface area contributed by atoms with Gasteiger partial charge in [0.15, 0.2) is 0 Å². The number of benzene rings is 1. The summed E-state index contributed by atoms with van der Waals surface area (Å²) in [4.78, 5) is 3.81. The minimum atomic E-state index is -3.86. The van der Waals surface area contributed by atoms with E-state index < -0.39 is 15.8 Å². The number of rotatable bonds is 4. The van der Waals surface area contributed by atoms with Gasteiger partial charge in [-0.25, -0.2) is 12.8 Å². The number of hydrogen-bond donors (Lipinski definition) is 1. The molecule has 0 saturated heterocycles. The van der Waals surface area contributed by atoms with Gasteiger partial charge < -0.3 is 5.73 Å². The molecule has 20 heavy (non-hydrogen) atoms. The van der Waals surface area contributed by atoms with Gasteiger partial charge in [-0.15, -0.1) is 0 Å². The molecule has 0 aliphatic carbocycles. The average Bonchev–Trinajstić information content (AvgIpc) is 2.42. The number of nitrogen functional groups attached to an aromatic ring is 1. The molecule has 0 radical (unpaired) electrons. The van der Waals surface area contributed by atoms with Crippen molar-refractivity contribution in [3.05, 3.63) is 54.1 Å². The average molecular weight is 295 g/mol. The number of sulfonamides is 1. The summed E-state index contributed by atoms with van der Waals surface area (Å²) in [6, 6.07) is 8.48. The van der Waals surface area contributed by atoms with E-state index in [4.69, 9.17) is 5.73 Å². The Morgan fingerprint density at radius 3 is 2.70 bits per heavy atom. The van der Waals surface area contributed by atoms with E-state index in [1.807, 2.05) is 0 Å². The van der Waals surface area contributed by atoms with Crippen LogP contribution in [0.2, 0.25) is 0 Å².